The van der Waals surface area contributed by atoms with E-state index in [0.29, 0.717) is 17.7 Å². The molecule has 2 rings (SSSR count). The van der Waals surface area contributed by atoms with Gasteiger partial charge in [-0.15, -0.1) is 0 Å². The van der Waals surface area contributed by atoms with Crippen molar-refractivity contribution in [2.75, 3.05) is 27.2 Å². The Bertz CT molecular complexity index is 433. The highest BCUT2D eigenvalue weighted by Gasteiger charge is 2.30. The van der Waals surface area contributed by atoms with E-state index in [1.807, 2.05) is 13.8 Å². The summed E-state index contributed by atoms with van der Waals surface area (Å²) in [7, 11) is 4.33. The van der Waals surface area contributed by atoms with Crippen molar-refractivity contribution < 1.29 is 5.11 Å². The predicted octanol–water partition coefficient (Wildman–Crippen LogP) is 2.39. The molecule has 1 aromatic rings. The molecule has 3 heteroatoms. The number of nitrogens with zero attached hydrogens (tertiary/aromatic N) is 2. The van der Waals surface area contributed by atoms with Crippen LogP contribution < -0.4 is 0 Å². The summed E-state index contributed by atoms with van der Waals surface area (Å²) in [6.45, 7) is 9.55. The summed E-state index contributed by atoms with van der Waals surface area (Å²) >= 11 is 0. The molecule has 0 aromatic heterocycles. The number of likely N-dealkylation sites (N-methyl/N-ethyl adjacent to an activating group) is 1. The summed E-state index contributed by atoms with van der Waals surface area (Å²) in [6.07, 6.45) is 0. The number of aryl methyl sites for hydroxylation is 2. The molecular weight excluding hydrogens is 236 g/mol. The van der Waals surface area contributed by atoms with Crippen LogP contribution in [0.4, 0.5) is 0 Å². The van der Waals surface area contributed by atoms with Crippen molar-refractivity contribution in [2.24, 2.45) is 5.92 Å². The van der Waals surface area contributed by atoms with Crippen LogP contribution in [-0.2, 0) is 6.54 Å². The van der Waals surface area contributed by atoms with Gasteiger partial charge in [0, 0.05) is 25.7 Å². The third-order valence-electron chi connectivity index (χ3n) is 4.27. The maximum Gasteiger partial charge on any atom is 0.121 e. The highest BCUT2D eigenvalue weighted by atomic mass is 16.3. The Morgan fingerprint density at radius 1 is 1.21 bits per heavy atom. The molecule has 0 saturated carbocycles. The van der Waals surface area contributed by atoms with Crippen LogP contribution in [-0.4, -0.2) is 48.1 Å². The van der Waals surface area contributed by atoms with Gasteiger partial charge < -0.3 is 10.0 Å². The number of benzene rings is 1. The number of hydrogen-bond acceptors (Lipinski definition) is 3. The van der Waals surface area contributed by atoms with E-state index in [1.165, 1.54) is 5.56 Å². The Kier molecular flexibility index (Phi) is 4.16. The van der Waals surface area contributed by atoms with Crippen molar-refractivity contribution in [3.63, 3.8) is 0 Å². The van der Waals surface area contributed by atoms with Gasteiger partial charge in [0.1, 0.15) is 5.75 Å². The van der Waals surface area contributed by atoms with Crippen LogP contribution in [0, 0.1) is 19.8 Å². The van der Waals surface area contributed by atoms with Crippen LogP contribution in [0.25, 0.3) is 0 Å². The molecule has 2 unspecified atom stereocenters. The van der Waals surface area contributed by atoms with E-state index in [-0.39, 0.29) is 0 Å². The van der Waals surface area contributed by atoms with Gasteiger partial charge in [0.15, 0.2) is 0 Å². The number of phenolic OH excluding ortho intramolecular Hbond substituents is 1. The van der Waals surface area contributed by atoms with Crippen LogP contribution in [0.2, 0.25) is 0 Å². The van der Waals surface area contributed by atoms with E-state index < -0.39 is 0 Å². The number of likely N-dealkylation sites (tertiary alicyclic amines) is 1. The minimum absolute atomic E-state index is 0.435. The maximum absolute atomic E-state index is 9.83. The van der Waals surface area contributed by atoms with Gasteiger partial charge in [-0.1, -0.05) is 19.1 Å². The molecule has 0 bridgehead atoms. The lowest BCUT2D eigenvalue weighted by molar-refractivity contribution is 0.250. The Hall–Kier alpha value is -1.06. The summed E-state index contributed by atoms with van der Waals surface area (Å²) in [6, 6.07) is 4.87. The summed E-state index contributed by atoms with van der Waals surface area (Å²) in [4.78, 5) is 4.85. The van der Waals surface area contributed by atoms with E-state index in [2.05, 4.69) is 43.0 Å². The first kappa shape index (κ1) is 14.4. The molecule has 106 valence electrons. The van der Waals surface area contributed by atoms with Gasteiger partial charge in [0.2, 0.25) is 0 Å². The number of hydrogen-bond donors (Lipinski definition) is 1. The second-order valence-corrected chi connectivity index (χ2v) is 6.28. The zero-order chi connectivity index (χ0) is 14.2. The molecule has 19 heavy (non-hydrogen) atoms. The average Bonchev–Trinajstić information content (AvgIpc) is 2.67. The molecule has 2 atom stereocenters. The van der Waals surface area contributed by atoms with Gasteiger partial charge in [-0.25, -0.2) is 0 Å². The highest BCUT2D eigenvalue weighted by molar-refractivity contribution is 5.42. The first-order valence-electron chi connectivity index (χ1n) is 7.06. The molecule has 0 radical (unpaired) electrons. The molecule has 1 N–H and O–H groups in total. The van der Waals surface area contributed by atoms with E-state index in [1.54, 1.807) is 0 Å². The van der Waals surface area contributed by atoms with Crippen molar-refractivity contribution >= 4 is 0 Å². The molecule has 1 heterocycles. The van der Waals surface area contributed by atoms with Crippen LogP contribution in [0.3, 0.4) is 0 Å². The van der Waals surface area contributed by atoms with Crippen molar-refractivity contribution in [1.29, 1.82) is 0 Å². The van der Waals surface area contributed by atoms with Crippen LogP contribution in [0.1, 0.15) is 23.6 Å². The lowest BCUT2D eigenvalue weighted by Crippen LogP contribution is -2.34. The van der Waals surface area contributed by atoms with Gasteiger partial charge in [-0.3, -0.25) is 4.90 Å². The van der Waals surface area contributed by atoms with Crippen LogP contribution >= 0.6 is 0 Å². The highest BCUT2D eigenvalue weighted by Crippen LogP contribution is 2.26. The lowest BCUT2D eigenvalue weighted by Gasteiger charge is -2.22. The molecule has 1 saturated heterocycles. The molecule has 0 aliphatic carbocycles. The smallest absolute Gasteiger partial charge is 0.121 e. The Morgan fingerprint density at radius 2 is 1.79 bits per heavy atom. The third-order valence-corrected chi connectivity index (χ3v) is 4.27. The maximum atomic E-state index is 9.83. The van der Waals surface area contributed by atoms with Crippen molar-refractivity contribution in [3.05, 3.63) is 28.8 Å². The molecule has 0 amide bonds. The predicted molar refractivity (Wildman–Crippen MR) is 79.5 cm³/mol. The zero-order valence-corrected chi connectivity index (χ0v) is 12.8. The summed E-state index contributed by atoms with van der Waals surface area (Å²) in [5.41, 5.74) is 3.26. The van der Waals surface area contributed by atoms with E-state index >= 15 is 0 Å². The number of phenols is 1. The molecule has 0 spiro atoms. The van der Waals surface area contributed by atoms with Crippen molar-refractivity contribution in [1.82, 2.24) is 9.80 Å². The van der Waals surface area contributed by atoms with E-state index in [9.17, 15) is 5.11 Å². The lowest BCUT2D eigenvalue weighted by atomic mass is 10.1. The topological polar surface area (TPSA) is 26.7 Å². The summed E-state index contributed by atoms with van der Waals surface area (Å²) in [5.74, 6) is 1.15. The summed E-state index contributed by atoms with van der Waals surface area (Å²) in [5, 5.41) is 9.83. The standard InChI is InChI=1S/C16H26N2O/c1-11-6-14(7-12(2)16(11)19)9-18-8-13(3)15(10-18)17(4)5/h6-7,13,15,19H,8-10H2,1-5H3. The van der Waals surface area contributed by atoms with Crippen molar-refractivity contribution in [3.8, 4) is 5.75 Å². The van der Waals surface area contributed by atoms with Crippen LogP contribution in [0.15, 0.2) is 12.1 Å². The number of aromatic hydroxyl groups is 1. The molecule has 1 fully saturated rings. The first-order chi connectivity index (χ1) is 8.88. The van der Waals surface area contributed by atoms with E-state index in [4.69, 9.17) is 0 Å². The van der Waals surface area contributed by atoms with Gasteiger partial charge >= 0.3 is 0 Å². The van der Waals surface area contributed by atoms with Gasteiger partial charge in [-0.05, 0) is 50.6 Å². The minimum atomic E-state index is 0.435. The normalized spacial score (nSPS) is 24.3. The molecular formula is C16H26N2O. The fraction of sp³-hybridized carbons (Fsp3) is 0.625. The Morgan fingerprint density at radius 3 is 2.26 bits per heavy atom. The average molecular weight is 262 g/mol. The van der Waals surface area contributed by atoms with Gasteiger partial charge in [0.25, 0.3) is 0 Å². The third kappa shape index (κ3) is 3.10. The quantitative estimate of drug-likeness (QED) is 0.906. The summed E-state index contributed by atoms with van der Waals surface area (Å²) < 4.78 is 0. The number of rotatable bonds is 3. The monoisotopic (exact) mass is 262 g/mol. The van der Waals surface area contributed by atoms with Crippen LogP contribution in [0.5, 0.6) is 5.75 Å². The molecule has 3 nitrogen and oxygen atoms in total. The SMILES string of the molecule is Cc1cc(CN2CC(C)C(N(C)C)C2)cc(C)c1O. The minimum Gasteiger partial charge on any atom is -0.507 e. The zero-order valence-electron chi connectivity index (χ0n) is 12.8. The Balaban J connectivity index is 2.07. The Labute approximate surface area is 116 Å². The van der Waals surface area contributed by atoms with Gasteiger partial charge in [0.05, 0.1) is 0 Å². The second-order valence-electron chi connectivity index (χ2n) is 6.28. The fourth-order valence-electron chi connectivity index (χ4n) is 3.24. The second kappa shape index (κ2) is 5.51. The largest absolute Gasteiger partial charge is 0.507 e. The van der Waals surface area contributed by atoms with Gasteiger partial charge in [-0.2, -0.15) is 0 Å². The molecule has 1 aliphatic rings. The van der Waals surface area contributed by atoms with E-state index in [0.717, 1.165) is 30.8 Å². The molecule has 1 aliphatic heterocycles. The first-order valence-corrected chi connectivity index (χ1v) is 7.06. The van der Waals surface area contributed by atoms with Crippen molar-refractivity contribution in [2.45, 2.75) is 33.4 Å². The fourth-order valence-corrected chi connectivity index (χ4v) is 3.24. The molecule has 1 aromatic carbocycles.